The molecule has 1 amide bonds. The molecular formula is C59H110N2O6P+. The Morgan fingerprint density at radius 3 is 1.28 bits per heavy atom. The normalized spacial score (nSPS) is 14.5. The minimum Gasteiger partial charge on any atom is -0.387 e. The first kappa shape index (κ1) is 65.9. The van der Waals surface area contributed by atoms with Crippen molar-refractivity contribution in [3.05, 3.63) is 72.9 Å². The molecule has 0 aliphatic rings. The van der Waals surface area contributed by atoms with Crippen LogP contribution in [0.2, 0.25) is 0 Å². The van der Waals surface area contributed by atoms with Crippen LogP contribution in [-0.4, -0.2) is 73.4 Å². The lowest BCUT2D eigenvalue weighted by Crippen LogP contribution is -2.45. The predicted molar refractivity (Wildman–Crippen MR) is 295 cm³/mol. The van der Waals surface area contributed by atoms with E-state index in [2.05, 4.69) is 79.9 Å². The highest BCUT2D eigenvalue weighted by atomic mass is 31.2. The summed E-state index contributed by atoms with van der Waals surface area (Å²) in [6.07, 6.45) is 68.6. The Morgan fingerprint density at radius 2 is 0.853 bits per heavy atom. The van der Waals surface area contributed by atoms with Crippen LogP contribution in [0.15, 0.2) is 72.9 Å². The lowest BCUT2D eigenvalue weighted by Gasteiger charge is -2.25. The minimum absolute atomic E-state index is 0.0490. The number of phosphoric ester groups is 1. The monoisotopic (exact) mass is 974 g/mol. The topological polar surface area (TPSA) is 105 Å². The number of unbranched alkanes of at least 4 members (excludes halogenated alkanes) is 28. The van der Waals surface area contributed by atoms with Gasteiger partial charge >= 0.3 is 7.82 Å². The van der Waals surface area contributed by atoms with Crippen LogP contribution in [0.25, 0.3) is 0 Å². The zero-order chi connectivity index (χ0) is 49.9. The summed E-state index contributed by atoms with van der Waals surface area (Å²) in [5.41, 5.74) is 0. The van der Waals surface area contributed by atoms with Crippen molar-refractivity contribution in [2.45, 2.75) is 257 Å². The van der Waals surface area contributed by atoms with Gasteiger partial charge in [-0.2, -0.15) is 0 Å². The number of rotatable bonds is 51. The van der Waals surface area contributed by atoms with Gasteiger partial charge in [0.1, 0.15) is 13.2 Å². The molecule has 3 atom stereocenters. The number of amides is 1. The number of allylic oxidation sites excluding steroid dienone is 11. The molecule has 0 aromatic heterocycles. The average Bonchev–Trinajstić information content (AvgIpc) is 3.30. The zero-order valence-electron chi connectivity index (χ0n) is 45.1. The van der Waals surface area contributed by atoms with Crippen LogP contribution in [0.1, 0.15) is 245 Å². The second-order valence-electron chi connectivity index (χ2n) is 20.3. The Bertz CT molecular complexity index is 1330. The van der Waals surface area contributed by atoms with Gasteiger partial charge < -0.3 is 19.8 Å². The molecule has 396 valence electrons. The van der Waals surface area contributed by atoms with Gasteiger partial charge in [0.15, 0.2) is 0 Å². The van der Waals surface area contributed by atoms with Crippen LogP contribution in [0.5, 0.6) is 0 Å². The second-order valence-corrected chi connectivity index (χ2v) is 21.7. The van der Waals surface area contributed by atoms with Crippen LogP contribution in [0.4, 0.5) is 0 Å². The molecule has 0 bridgehead atoms. The largest absolute Gasteiger partial charge is 0.472 e. The Kier molecular flexibility index (Phi) is 48.4. The van der Waals surface area contributed by atoms with Crippen LogP contribution in [0.3, 0.4) is 0 Å². The van der Waals surface area contributed by atoms with Gasteiger partial charge in [0.05, 0.1) is 39.9 Å². The molecule has 0 aliphatic carbocycles. The third kappa shape index (κ3) is 51.8. The summed E-state index contributed by atoms with van der Waals surface area (Å²) in [5, 5.41) is 13.9. The van der Waals surface area contributed by atoms with E-state index in [9.17, 15) is 19.4 Å². The highest BCUT2D eigenvalue weighted by Gasteiger charge is 2.27. The Balaban J connectivity index is 4.35. The highest BCUT2D eigenvalue weighted by Crippen LogP contribution is 2.43. The quantitative estimate of drug-likeness (QED) is 0.0243. The molecule has 0 fully saturated rings. The fourth-order valence-corrected chi connectivity index (χ4v) is 8.64. The van der Waals surface area contributed by atoms with E-state index in [1.54, 1.807) is 6.08 Å². The molecule has 9 heteroatoms. The van der Waals surface area contributed by atoms with Gasteiger partial charge in [0, 0.05) is 6.42 Å². The van der Waals surface area contributed by atoms with Crippen LogP contribution in [0, 0.1) is 0 Å². The Morgan fingerprint density at radius 1 is 0.500 bits per heavy atom. The number of likely N-dealkylation sites (N-methyl/N-ethyl adjacent to an activating group) is 1. The second kappa shape index (κ2) is 49.9. The van der Waals surface area contributed by atoms with Crippen LogP contribution in [-0.2, 0) is 18.4 Å². The van der Waals surface area contributed by atoms with E-state index in [1.165, 1.54) is 161 Å². The molecule has 0 radical (unpaired) electrons. The van der Waals surface area contributed by atoms with Crippen molar-refractivity contribution in [3.8, 4) is 0 Å². The third-order valence-electron chi connectivity index (χ3n) is 12.4. The molecular weight excluding hydrogens is 864 g/mol. The summed E-state index contributed by atoms with van der Waals surface area (Å²) in [6, 6.07) is -0.878. The molecule has 0 spiro atoms. The smallest absolute Gasteiger partial charge is 0.387 e. The van der Waals surface area contributed by atoms with E-state index in [1.807, 2.05) is 27.2 Å². The molecule has 0 aliphatic heterocycles. The number of nitrogens with zero attached hydrogens (tertiary/aromatic N) is 1. The maximum absolute atomic E-state index is 13.0. The lowest BCUT2D eigenvalue weighted by molar-refractivity contribution is -0.870. The summed E-state index contributed by atoms with van der Waals surface area (Å²) >= 11 is 0. The number of carbonyl (C=O) groups is 1. The van der Waals surface area contributed by atoms with Gasteiger partial charge in [-0.25, -0.2) is 4.57 Å². The Hall–Kier alpha value is -2.06. The van der Waals surface area contributed by atoms with Crippen molar-refractivity contribution in [2.75, 3.05) is 40.9 Å². The summed E-state index contributed by atoms with van der Waals surface area (Å²) in [7, 11) is 1.54. The molecule has 3 unspecified atom stereocenters. The van der Waals surface area contributed by atoms with Crippen LogP contribution < -0.4 is 5.32 Å². The fourth-order valence-electron chi connectivity index (χ4n) is 7.90. The summed E-state index contributed by atoms with van der Waals surface area (Å²) in [6.45, 7) is 4.78. The van der Waals surface area contributed by atoms with Crippen molar-refractivity contribution in [2.24, 2.45) is 0 Å². The average molecular weight is 975 g/mol. The van der Waals surface area contributed by atoms with Gasteiger partial charge in [-0.05, 0) is 83.5 Å². The minimum atomic E-state index is -4.36. The molecule has 0 heterocycles. The molecule has 68 heavy (non-hydrogen) atoms. The van der Waals surface area contributed by atoms with Gasteiger partial charge in [0.2, 0.25) is 5.91 Å². The lowest BCUT2D eigenvalue weighted by atomic mass is 10.0. The van der Waals surface area contributed by atoms with Crippen molar-refractivity contribution in [1.82, 2.24) is 5.32 Å². The van der Waals surface area contributed by atoms with E-state index in [0.717, 1.165) is 64.2 Å². The maximum Gasteiger partial charge on any atom is 0.472 e. The number of aliphatic hydroxyl groups excluding tert-OH is 1. The van der Waals surface area contributed by atoms with E-state index in [0.29, 0.717) is 17.4 Å². The predicted octanol–water partition coefficient (Wildman–Crippen LogP) is 17.1. The van der Waals surface area contributed by atoms with Crippen LogP contribution >= 0.6 is 7.82 Å². The number of hydrogen-bond acceptors (Lipinski definition) is 5. The summed E-state index contributed by atoms with van der Waals surface area (Å²) in [4.78, 5) is 23.3. The van der Waals surface area contributed by atoms with E-state index in [4.69, 9.17) is 9.05 Å². The molecule has 0 aromatic rings. The SMILES string of the molecule is CCCCCCC/C=C\C/C=C\C/C=C\CCCCCCCCCCC(=O)NC(COP(=O)(O)OCC[N+](C)(C)C)C(O)/C=C/CC/C=C/CC/C=C/CCCCCCCCCCCCCCC. The maximum atomic E-state index is 13.0. The van der Waals surface area contributed by atoms with E-state index >= 15 is 0 Å². The van der Waals surface area contributed by atoms with Gasteiger partial charge in [-0.15, -0.1) is 0 Å². The summed E-state index contributed by atoms with van der Waals surface area (Å²) in [5.74, 6) is -0.199. The fraction of sp³-hybridized carbons (Fsp3) is 0.780. The molecule has 8 nitrogen and oxygen atoms in total. The number of nitrogens with one attached hydrogen (secondary N) is 1. The Labute approximate surface area is 421 Å². The highest BCUT2D eigenvalue weighted by molar-refractivity contribution is 7.47. The molecule has 0 saturated carbocycles. The van der Waals surface area contributed by atoms with Crippen molar-refractivity contribution in [3.63, 3.8) is 0 Å². The first-order chi connectivity index (χ1) is 33.0. The number of hydrogen-bond donors (Lipinski definition) is 3. The first-order valence-corrected chi connectivity index (χ1v) is 29.8. The zero-order valence-corrected chi connectivity index (χ0v) is 46.0. The van der Waals surface area contributed by atoms with Gasteiger partial charge in [0.25, 0.3) is 0 Å². The molecule has 0 saturated heterocycles. The van der Waals surface area contributed by atoms with E-state index in [-0.39, 0.29) is 19.1 Å². The van der Waals surface area contributed by atoms with Gasteiger partial charge in [-0.1, -0.05) is 228 Å². The van der Waals surface area contributed by atoms with E-state index < -0.39 is 20.0 Å². The van der Waals surface area contributed by atoms with Gasteiger partial charge in [-0.3, -0.25) is 13.8 Å². The molecule has 0 rings (SSSR count). The number of carbonyl (C=O) groups excluding carboxylic acids is 1. The van der Waals surface area contributed by atoms with Crippen molar-refractivity contribution < 1.29 is 32.9 Å². The number of aliphatic hydroxyl groups is 1. The first-order valence-electron chi connectivity index (χ1n) is 28.3. The standard InChI is InChI=1S/C59H109N2O6P/c1-6-8-10-12-14-16-18-20-22-24-26-28-30-32-34-36-38-40-42-44-46-48-50-52-58(62)57(56-67-68(64,65)66-55-54-61(3,4)5)60-59(63)53-51-49-47-45-43-41-39-37-35-33-31-29-27-25-23-21-19-17-15-13-11-9-7-2/h19,21,25,27,31,33-34,36,42,44,50,52,57-58,62H,6-18,20,22-24,26,28-30,32,35,37-41,43,45-49,51,53-56H2,1-5H3,(H-,60,63,64,65)/p+1/b21-19-,27-25-,33-31-,36-34+,44-42+,52-50+. The van der Waals surface area contributed by atoms with Crippen molar-refractivity contribution >= 4 is 13.7 Å². The summed E-state index contributed by atoms with van der Waals surface area (Å²) < 4.78 is 23.7. The number of quaternary nitrogens is 1. The van der Waals surface area contributed by atoms with Crippen molar-refractivity contribution in [1.29, 1.82) is 0 Å². The molecule has 3 N–H and O–H groups in total. The third-order valence-corrected chi connectivity index (χ3v) is 13.4. The molecule has 0 aromatic carbocycles. The number of phosphoric acid groups is 1.